The number of aromatic nitrogens is 1. The normalized spacial score (nSPS) is 14.9. The number of hydrogen-bond acceptors (Lipinski definition) is 7. The summed E-state index contributed by atoms with van der Waals surface area (Å²) in [5, 5.41) is 0. The molecule has 1 aliphatic heterocycles. The van der Waals surface area contributed by atoms with Crippen LogP contribution in [-0.4, -0.2) is 23.2 Å². The average molecular weight is 666 g/mol. The lowest BCUT2D eigenvalue weighted by Crippen LogP contribution is -2.40. The van der Waals surface area contributed by atoms with Crippen LogP contribution in [0.2, 0.25) is 0 Å². The number of thiazole rings is 1. The lowest BCUT2D eigenvalue weighted by atomic mass is 9.95. The van der Waals surface area contributed by atoms with Crippen LogP contribution in [0.4, 0.5) is 4.39 Å². The third-order valence-corrected chi connectivity index (χ3v) is 8.29. The fourth-order valence-electron chi connectivity index (χ4n) is 4.80. The van der Waals surface area contributed by atoms with E-state index in [4.69, 9.17) is 14.2 Å². The minimum atomic E-state index is -0.784. The van der Waals surface area contributed by atoms with Gasteiger partial charge in [-0.2, -0.15) is 0 Å². The number of allylic oxidation sites excluding steroid dienone is 1. The van der Waals surface area contributed by atoms with E-state index in [1.54, 1.807) is 48.8 Å². The van der Waals surface area contributed by atoms with Crippen LogP contribution in [0.1, 0.15) is 50.4 Å². The largest absolute Gasteiger partial charge is 0.491 e. The van der Waals surface area contributed by atoms with Crippen LogP contribution >= 0.6 is 27.3 Å². The summed E-state index contributed by atoms with van der Waals surface area (Å²) in [4.78, 5) is 32.4. The van der Waals surface area contributed by atoms with Gasteiger partial charge in [0, 0.05) is 11.1 Å². The van der Waals surface area contributed by atoms with Crippen LogP contribution in [0, 0.1) is 5.82 Å². The first-order valence-corrected chi connectivity index (χ1v) is 15.4. The van der Waals surface area contributed by atoms with Crippen LogP contribution in [0.3, 0.4) is 0 Å². The first kappa shape index (κ1) is 30.4. The Kier molecular flexibility index (Phi) is 9.27. The van der Waals surface area contributed by atoms with Gasteiger partial charge in [-0.25, -0.2) is 14.2 Å². The molecule has 0 amide bonds. The maximum atomic E-state index is 14.0. The third kappa shape index (κ3) is 6.50. The number of carbonyl (C=O) groups excluding carboxylic acids is 1. The molecule has 4 aromatic rings. The number of para-hydroxylation sites is 1. The smallest absolute Gasteiger partial charge is 0.338 e. The van der Waals surface area contributed by atoms with Gasteiger partial charge in [-0.15, -0.1) is 0 Å². The maximum absolute atomic E-state index is 14.0. The molecule has 2 heterocycles. The van der Waals surface area contributed by atoms with Gasteiger partial charge in [0.05, 0.1) is 33.0 Å². The Labute approximate surface area is 260 Å². The highest BCUT2D eigenvalue weighted by Crippen LogP contribution is 2.36. The quantitative estimate of drug-likeness (QED) is 0.203. The Morgan fingerprint density at radius 3 is 2.58 bits per heavy atom. The van der Waals surface area contributed by atoms with E-state index in [1.807, 2.05) is 50.2 Å². The highest BCUT2D eigenvalue weighted by Gasteiger charge is 2.35. The molecule has 0 aliphatic carbocycles. The molecule has 0 bridgehead atoms. The van der Waals surface area contributed by atoms with Crippen molar-refractivity contribution in [1.82, 2.24) is 4.57 Å². The van der Waals surface area contributed by atoms with Crippen molar-refractivity contribution in [3.63, 3.8) is 0 Å². The number of halogens is 2. The summed E-state index contributed by atoms with van der Waals surface area (Å²) in [5.74, 6) is 0.253. The van der Waals surface area contributed by atoms with E-state index in [1.165, 1.54) is 17.4 Å². The molecular formula is C33H30BrFN2O5S. The Morgan fingerprint density at radius 2 is 1.86 bits per heavy atom. The molecule has 222 valence electrons. The van der Waals surface area contributed by atoms with Crippen molar-refractivity contribution in [2.24, 2.45) is 4.99 Å². The summed E-state index contributed by atoms with van der Waals surface area (Å²) in [5.41, 5.74) is 2.34. The van der Waals surface area contributed by atoms with E-state index < -0.39 is 12.0 Å². The lowest BCUT2D eigenvalue weighted by molar-refractivity contribution is -0.139. The number of carbonyl (C=O) groups is 1. The monoisotopic (exact) mass is 664 g/mol. The zero-order valence-corrected chi connectivity index (χ0v) is 26.5. The summed E-state index contributed by atoms with van der Waals surface area (Å²) in [7, 11) is 0. The van der Waals surface area contributed by atoms with Gasteiger partial charge in [-0.05, 0) is 79.5 Å². The molecule has 0 saturated carbocycles. The first-order chi connectivity index (χ1) is 20.7. The second-order valence-corrected chi connectivity index (χ2v) is 11.9. The summed E-state index contributed by atoms with van der Waals surface area (Å²) in [6.07, 6.45) is 1.65. The van der Waals surface area contributed by atoms with Crippen LogP contribution in [0.5, 0.6) is 11.5 Å². The molecule has 0 radical (unpaired) electrons. The van der Waals surface area contributed by atoms with Crippen LogP contribution in [0.15, 0.2) is 92.3 Å². The van der Waals surface area contributed by atoms with E-state index in [2.05, 4.69) is 20.9 Å². The Hall–Kier alpha value is -4.02. The van der Waals surface area contributed by atoms with Gasteiger partial charge in [0.1, 0.15) is 30.0 Å². The molecule has 0 unspecified atom stereocenters. The molecule has 10 heteroatoms. The average Bonchev–Trinajstić information content (AvgIpc) is 3.26. The Balaban J connectivity index is 1.56. The number of rotatable bonds is 9. The first-order valence-electron chi connectivity index (χ1n) is 13.8. The van der Waals surface area contributed by atoms with Gasteiger partial charge in [-0.1, -0.05) is 53.8 Å². The van der Waals surface area contributed by atoms with Crippen molar-refractivity contribution in [2.75, 3.05) is 6.61 Å². The molecule has 3 aromatic carbocycles. The molecule has 1 atom stereocenters. The highest BCUT2D eigenvalue weighted by molar-refractivity contribution is 9.10. The van der Waals surface area contributed by atoms with Crippen molar-refractivity contribution in [3.8, 4) is 11.5 Å². The second-order valence-electron chi connectivity index (χ2n) is 10.1. The molecule has 0 N–H and O–H groups in total. The summed E-state index contributed by atoms with van der Waals surface area (Å²) >= 11 is 4.77. The number of benzene rings is 3. The molecule has 0 saturated heterocycles. The zero-order valence-electron chi connectivity index (χ0n) is 24.1. The van der Waals surface area contributed by atoms with Gasteiger partial charge in [0.25, 0.3) is 5.56 Å². The summed E-state index contributed by atoms with van der Waals surface area (Å²) in [6.45, 7) is 7.59. The van der Waals surface area contributed by atoms with Gasteiger partial charge >= 0.3 is 5.97 Å². The Bertz CT molecular complexity index is 1900. The van der Waals surface area contributed by atoms with E-state index >= 15 is 0 Å². The van der Waals surface area contributed by atoms with Crippen LogP contribution < -0.4 is 24.4 Å². The van der Waals surface area contributed by atoms with Gasteiger partial charge in [-0.3, -0.25) is 9.36 Å². The van der Waals surface area contributed by atoms with Crippen LogP contribution in [0.25, 0.3) is 6.08 Å². The van der Waals surface area contributed by atoms with Crippen molar-refractivity contribution < 1.29 is 23.4 Å². The van der Waals surface area contributed by atoms with Crippen molar-refractivity contribution in [3.05, 3.63) is 125 Å². The number of ether oxygens (including phenoxy) is 3. The van der Waals surface area contributed by atoms with E-state index in [0.717, 1.165) is 5.56 Å². The zero-order chi connectivity index (χ0) is 30.7. The van der Waals surface area contributed by atoms with Gasteiger partial charge in [0.15, 0.2) is 4.80 Å². The third-order valence-electron chi connectivity index (χ3n) is 6.69. The van der Waals surface area contributed by atoms with Crippen molar-refractivity contribution >= 4 is 39.3 Å². The fourth-order valence-corrected chi connectivity index (χ4v) is 6.36. The van der Waals surface area contributed by atoms with Crippen molar-refractivity contribution in [2.45, 2.75) is 46.4 Å². The minimum Gasteiger partial charge on any atom is -0.491 e. The maximum Gasteiger partial charge on any atom is 0.338 e. The second kappa shape index (κ2) is 13.1. The lowest BCUT2D eigenvalue weighted by Gasteiger charge is -2.26. The molecular weight excluding hydrogens is 635 g/mol. The molecule has 1 aliphatic rings. The molecule has 7 nitrogen and oxygen atoms in total. The minimum absolute atomic E-state index is 0.0768. The number of fused-ring (bicyclic) bond motifs is 1. The molecule has 43 heavy (non-hydrogen) atoms. The fraction of sp³-hybridized carbons (Fsp3) is 0.242. The molecule has 0 fully saturated rings. The number of hydrogen-bond donors (Lipinski definition) is 0. The topological polar surface area (TPSA) is 79.1 Å². The molecule has 0 spiro atoms. The number of esters is 1. The Morgan fingerprint density at radius 1 is 1.12 bits per heavy atom. The van der Waals surface area contributed by atoms with Crippen molar-refractivity contribution in [1.29, 1.82) is 0 Å². The highest BCUT2D eigenvalue weighted by atomic mass is 79.9. The summed E-state index contributed by atoms with van der Waals surface area (Å²) in [6, 6.07) is 18.5. The SMILES string of the molecule is CCOC(=O)C1=C(C)N=c2s/c(=C/c3ccc(OCc4ccccc4F)c(Br)c3)c(=O)n2[C@@H]1c1ccccc1OC(C)C. The van der Waals surface area contributed by atoms with Crippen LogP contribution in [-0.2, 0) is 16.1 Å². The van der Waals surface area contributed by atoms with E-state index in [0.29, 0.717) is 47.7 Å². The van der Waals surface area contributed by atoms with E-state index in [-0.39, 0.29) is 30.7 Å². The predicted octanol–water partition coefficient (Wildman–Crippen LogP) is 6.07. The predicted molar refractivity (Wildman–Crippen MR) is 167 cm³/mol. The van der Waals surface area contributed by atoms with E-state index in [9.17, 15) is 14.0 Å². The van der Waals surface area contributed by atoms with Gasteiger partial charge in [0.2, 0.25) is 0 Å². The van der Waals surface area contributed by atoms with Gasteiger partial charge < -0.3 is 14.2 Å². The molecule has 1 aromatic heterocycles. The number of nitrogens with zero attached hydrogens (tertiary/aromatic N) is 2. The summed E-state index contributed by atoms with van der Waals surface area (Å²) < 4.78 is 34.0. The standard InChI is InChI=1S/C33H30BrFN2O5S/c1-5-40-32(39)29-20(4)36-33-37(30(29)23-11-7-9-13-26(23)42-19(2)3)31(38)28(43-33)17-21-14-15-27(24(34)16-21)41-18-22-10-6-8-12-25(22)35/h6-17,19,30H,5,18H2,1-4H3/b28-17+/t30-/m1/s1. The molecule has 5 rings (SSSR count).